The summed E-state index contributed by atoms with van der Waals surface area (Å²) in [7, 11) is 0. The molecule has 6 heteroatoms. The number of nitrogens with one attached hydrogen (secondary N) is 1. The first-order chi connectivity index (χ1) is 14.7. The molecule has 0 aliphatic carbocycles. The highest BCUT2D eigenvalue weighted by atomic mass is 19.1. The third kappa shape index (κ3) is 4.72. The van der Waals surface area contributed by atoms with Gasteiger partial charge >= 0.3 is 0 Å². The highest BCUT2D eigenvalue weighted by molar-refractivity contribution is 5.77. The first-order valence-electron chi connectivity index (χ1n) is 9.53. The zero-order chi connectivity index (χ0) is 20.8. The SMILES string of the molecule is O=C(COc1ccc(F)cc1)NCc1cn(-c2ccccc2)nc1-c1ccccc1. The van der Waals surface area contributed by atoms with E-state index in [0.29, 0.717) is 12.3 Å². The van der Waals surface area contributed by atoms with Crippen molar-refractivity contribution >= 4 is 5.91 Å². The predicted molar refractivity (Wildman–Crippen MR) is 113 cm³/mol. The van der Waals surface area contributed by atoms with Crippen molar-refractivity contribution in [2.24, 2.45) is 0 Å². The number of aromatic nitrogens is 2. The summed E-state index contributed by atoms with van der Waals surface area (Å²) in [4.78, 5) is 12.2. The summed E-state index contributed by atoms with van der Waals surface area (Å²) in [6.45, 7) is 0.155. The van der Waals surface area contributed by atoms with Crippen LogP contribution >= 0.6 is 0 Å². The lowest BCUT2D eigenvalue weighted by Crippen LogP contribution is -2.28. The van der Waals surface area contributed by atoms with Gasteiger partial charge in [0.25, 0.3) is 5.91 Å². The predicted octanol–water partition coefficient (Wildman–Crippen LogP) is 4.37. The second-order valence-corrected chi connectivity index (χ2v) is 6.67. The summed E-state index contributed by atoms with van der Waals surface area (Å²) in [5.41, 5.74) is 3.60. The van der Waals surface area contributed by atoms with Gasteiger partial charge in [-0.1, -0.05) is 48.5 Å². The molecule has 0 radical (unpaired) electrons. The third-order valence-corrected chi connectivity index (χ3v) is 4.52. The van der Waals surface area contributed by atoms with Crippen molar-refractivity contribution in [1.29, 1.82) is 0 Å². The van der Waals surface area contributed by atoms with Crippen LogP contribution in [0.25, 0.3) is 16.9 Å². The maximum atomic E-state index is 13.0. The maximum absolute atomic E-state index is 13.0. The lowest BCUT2D eigenvalue weighted by atomic mass is 10.1. The number of hydrogen-bond donors (Lipinski definition) is 1. The number of carbonyl (C=O) groups excluding carboxylic acids is 1. The molecule has 0 aliphatic rings. The van der Waals surface area contributed by atoms with E-state index in [-0.39, 0.29) is 18.3 Å². The van der Waals surface area contributed by atoms with Gasteiger partial charge in [-0.3, -0.25) is 4.79 Å². The van der Waals surface area contributed by atoms with E-state index in [9.17, 15) is 9.18 Å². The Balaban J connectivity index is 1.47. The molecule has 30 heavy (non-hydrogen) atoms. The van der Waals surface area contributed by atoms with Crippen molar-refractivity contribution in [3.05, 3.63) is 103 Å². The molecule has 4 rings (SSSR count). The van der Waals surface area contributed by atoms with E-state index in [0.717, 1.165) is 22.5 Å². The lowest BCUT2D eigenvalue weighted by molar-refractivity contribution is -0.123. The van der Waals surface area contributed by atoms with Crippen LogP contribution in [0.3, 0.4) is 0 Å². The minimum Gasteiger partial charge on any atom is -0.484 e. The molecule has 1 aromatic heterocycles. The Kier molecular flexibility index (Phi) is 5.85. The van der Waals surface area contributed by atoms with Crippen molar-refractivity contribution in [2.75, 3.05) is 6.61 Å². The minimum atomic E-state index is -0.351. The molecule has 3 aromatic carbocycles. The van der Waals surface area contributed by atoms with Crippen LogP contribution in [-0.2, 0) is 11.3 Å². The summed E-state index contributed by atoms with van der Waals surface area (Å²) in [5, 5.41) is 7.59. The molecule has 0 bridgehead atoms. The molecule has 0 spiro atoms. The van der Waals surface area contributed by atoms with Crippen molar-refractivity contribution < 1.29 is 13.9 Å². The molecular formula is C24H20FN3O2. The number of amides is 1. The monoisotopic (exact) mass is 401 g/mol. The Labute approximate surface area is 173 Å². The number of ether oxygens (including phenoxy) is 1. The number of benzene rings is 3. The molecule has 5 nitrogen and oxygen atoms in total. The summed E-state index contributed by atoms with van der Waals surface area (Å²) >= 11 is 0. The molecule has 150 valence electrons. The van der Waals surface area contributed by atoms with Crippen LogP contribution in [0.5, 0.6) is 5.75 Å². The summed E-state index contributed by atoms with van der Waals surface area (Å²) < 4.78 is 20.2. The van der Waals surface area contributed by atoms with Gasteiger partial charge in [0, 0.05) is 23.9 Å². The standard InChI is InChI=1S/C24H20FN3O2/c25-20-11-13-22(14-12-20)30-17-23(29)26-15-19-16-28(21-9-5-2-6-10-21)27-24(19)18-7-3-1-4-8-18/h1-14,16H,15,17H2,(H,26,29). The zero-order valence-electron chi connectivity index (χ0n) is 16.2. The van der Waals surface area contributed by atoms with Gasteiger partial charge in [0.2, 0.25) is 0 Å². The van der Waals surface area contributed by atoms with Gasteiger partial charge < -0.3 is 10.1 Å². The molecule has 0 unspecified atom stereocenters. The van der Waals surface area contributed by atoms with Crippen LogP contribution in [0.2, 0.25) is 0 Å². The topological polar surface area (TPSA) is 56.1 Å². The number of rotatable bonds is 7. The maximum Gasteiger partial charge on any atom is 0.258 e. The highest BCUT2D eigenvalue weighted by Gasteiger charge is 2.13. The van der Waals surface area contributed by atoms with Gasteiger partial charge in [0.1, 0.15) is 11.6 Å². The molecule has 0 aliphatic heterocycles. The molecule has 0 fully saturated rings. The average molecular weight is 401 g/mol. The third-order valence-electron chi connectivity index (χ3n) is 4.52. The first-order valence-corrected chi connectivity index (χ1v) is 9.53. The van der Waals surface area contributed by atoms with Crippen LogP contribution in [0.15, 0.2) is 91.1 Å². The normalized spacial score (nSPS) is 10.6. The van der Waals surface area contributed by atoms with Gasteiger partial charge in [-0.2, -0.15) is 5.10 Å². The molecule has 4 aromatic rings. The minimum absolute atomic E-state index is 0.154. The molecule has 1 heterocycles. The zero-order valence-corrected chi connectivity index (χ0v) is 16.2. The van der Waals surface area contributed by atoms with Gasteiger partial charge in [-0.15, -0.1) is 0 Å². The number of nitrogens with zero attached hydrogens (tertiary/aromatic N) is 2. The van der Waals surface area contributed by atoms with Crippen LogP contribution < -0.4 is 10.1 Å². The number of para-hydroxylation sites is 1. The quantitative estimate of drug-likeness (QED) is 0.500. The van der Waals surface area contributed by atoms with Crippen molar-refractivity contribution in [3.8, 4) is 22.7 Å². The van der Waals surface area contributed by atoms with E-state index in [1.54, 1.807) is 4.68 Å². The number of halogens is 1. The molecular weight excluding hydrogens is 381 g/mol. The average Bonchev–Trinajstić information content (AvgIpc) is 3.23. The Morgan fingerprint density at radius 3 is 2.30 bits per heavy atom. The lowest BCUT2D eigenvalue weighted by Gasteiger charge is -2.08. The van der Waals surface area contributed by atoms with Gasteiger partial charge in [-0.25, -0.2) is 9.07 Å². The molecule has 0 saturated carbocycles. The fourth-order valence-electron chi connectivity index (χ4n) is 3.02. The Morgan fingerprint density at radius 1 is 0.933 bits per heavy atom. The Hall–Kier alpha value is -3.93. The van der Waals surface area contributed by atoms with E-state index in [2.05, 4.69) is 5.32 Å². The largest absolute Gasteiger partial charge is 0.484 e. The van der Waals surface area contributed by atoms with Crippen LogP contribution in [0, 0.1) is 5.82 Å². The second kappa shape index (κ2) is 9.05. The van der Waals surface area contributed by atoms with Crippen LogP contribution in [-0.4, -0.2) is 22.3 Å². The first kappa shape index (κ1) is 19.4. The van der Waals surface area contributed by atoms with E-state index in [4.69, 9.17) is 9.84 Å². The van der Waals surface area contributed by atoms with Gasteiger partial charge in [0.05, 0.1) is 11.4 Å². The van der Waals surface area contributed by atoms with Gasteiger partial charge in [-0.05, 0) is 36.4 Å². The molecule has 0 saturated heterocycles. The fraction of sp³-hybridized carbons (Fsp3) is 0.0833. The van der Waals surface area contributed by atoms with Crippen molar-refractivity contribution in [2.45, 2.75) is 6.54 Å². The number of carbonyl (C=O) groups is 1. The smallest absolute Gasteiger partial charge is 0.258 e. The van der Waals surface area contributed by atoms with Crippen LogP contribution in [0.4, 0.5) is 4.39 Å². The Bertz CT molecular complexity index is 1110. The van der Waals surface area contributed by atoms with E-state index in [1.165, 1.54) is 24.3 Å². The fourth-order valence-corrected chi connectivity index (χ4v) is 3.02. The molecule has 0 atom stereocenters. The second-order valence-electron chi connectivity index (χ2n) is 6.67. The van der Waals surface area contributed by atoms with E-state index < -0.39 is 0 Å². The molecule has 1 N–H and O–H groups in total. The van der Waals surface area contributed by atoms with E-state index >= 15 is 0 Å². The number of hydrogen-bond acceptors (Lipinski definition) is 3. The van der Waals surface area contributed by atoms with Crippen LogP contribution in [0.1, 0.15) is 5.56 Å². The summed E-state index contributed by atoms with van der Waals surface area (Å²) in [6, 6.07) is 25.2. The summed E-state index contributed by atoms with van der Waals surface area (Å²) in [5.74, 6) is -0.185. The molecule has 1 amide bonds. The van der Waals surface area contributed by atoms with E-state index in [1.807, 2.05) is 66.9 Å². The van der Waals surface area contributed by atoms with Crippen molar-refractivity contribution in [3.63, 3.8) is 0 Å². The summed E-state index contributed by atoms with van der Waals surface area (Å²) in [6.07, 6.45) is 1.92. The Morgan fingerprint density at radius 2 is 1.60 bits per heavy atom. The van der Waals surface area contributed by atoms with Gasteiger partial charge in [0.15, 0.2) is 6.61 Å². The highest BCUT2D eigenvalue weighted by Crippen LogP contribution is 2.23. The van der Waals surface area contributed by atoms with Crippen molar-refractivity contribution in [1.82, 2.24) is 15.1 Å².